The molecule has 0 amide bonds. The van der Waals surface area contributed by atoms with Crippen molar-refractivity contribution in [1.29, 1.82) is 0 Å². The smallest absolute Gasteiger partial charge is 0.303 e. The van der Waals surface area contributed by atoms with E-state index in [1.165, 1.54) is 24.9 Å². The molecule has 0 bridgehead atoms. The van der Waals surface area contributed by atoms with Gasteiger partial charge in [-0.05, 0) is 49.8 Å². The maximum Gasteiger partial charge on any atom is 0.303 e. The summed E-state index contributed by atoms with van der Waals surface area (Å²) in [4.78, 5) is 13.0. The number of rotatable bonds is 6. The largest absolute Gasteiger partial charge is 0.481 e. The van der Waals surface area contributed by atoms with Crippen molar-refractivity contribution in [3.8, 4) is 0 Å². The zero-order chi connectivity index (χ0) is 15.2. The highest BCUT2D eigenvalue weighted by atomic mass is 79.9. The average molecular weight is 355 g/mol. The fourth-order valence-electron chi connectivity index (χ4n) is 2.79. The summed E-state index contributed by atoms with van der Waals surface area (Å²) in [5, 5.41) is 8.68. The number of halogens is 1. The van der Waals surface area contributed by atoms with Crippen molar-refractivity contribution in [2.75, 3.05) is 18.0 Å². The van der Waals surface area contributed by atoms with Gasteiger partial charge in [0.15, 0.2) is 0 Å². The van der Waals surface area contributed by atoms with Gasteiger partial charge in [-0.2, -0.15) is 0 Å². The van der Waals surface area contributed by atoms with Crippen LogP contribution in [0, 0.1) is 0 Å². The molecule has 0 aromatic heterocycles. The molecule has 1 aliphatic rings. The van der Waals surface area contributed by atoms with Crippen LogP contribution in [0.25, 0.3) is 0 Å². The molecule has 1 aromatic carbocycles. The molecular weight excluding hydrogens is 332 g/mol. The molecule has 4 nitrogen and oxygen atoms in total. The van der Waals surface area contributed by atoms with Gasteiger partial charge >= 0.3 is 5.97 Å². The molecule has 21 heavy (non-hydrogen) atoms. The third-order valence-electron chi connectivity index (χ3n) is 4.01. The normalized spacial score (nSPS) is 16.8. The number of hydrogen-bond acceptors (Lipinski definition) is 3. The molecule has 1 aromatic rings. The molecule has 2 rings (SSSR count). The Morgan fingerprint density at radius 1 is 1.33 bits per heavy atom. The van der Waals surface area contributed by atoms with Gasteiger partial charge in [0.1, 0.15) is 0 Å². The molecule has 116 valence electrons. The van der Waals surface area contributed by atoms with Gasteiger partial charge in [-0.3, -0.25) is 4.79 Å². The van der Waals surface area contributed by atoms with Crippen molar-refractivity contribution in [3.63, 3.8) is 0 Å². The van der Waals surface area contributed by atoms with Crippen LogP contribution in [0.3, 0.4) is 0 Å². The maximum atomic E-state index is 10.5. The Kier molecular flexibility index (Phi) is 6.06. The monoisotopic (exact) mass is 354 g/mol. The highest BCUT2D eigenvalue weighted by Gasteiger charge is 2.15. The first-order valence-corrected chi connectivity index (χ1v) is 8.39. The first-order chi connectivity index (χ1) is 10.1. The van der Waals surface area contributed by atoms with Gasteiger partial charge < -0.3 is 15.7 Å². The number of nitrogens with zero attached hydrogens (tertiary/aromatic N) is 1. The Labute approximate surface area is 134 Å². The fourth-order valence-corrected chi connectivity index (χ4v) is 3.46. The van der Waals surface area contributed by atoms with Crippen LogP contribution in [0.5, 0.6) is 0 Å². The number of nitrogens with two attached hydrogens (primary N) is 1. The molecule has 1 atom stereocenters. The van der Waals surface area contributed by atoms with Crippen molar-refractivity contribution >= 4 is 27.6 Å². The third-order valence-corrected chi connectivity index (χ3v) is 4.70. The van der Waals surface area contributed by atoms with Gasteiger partial charge in [0, 0.05) is 35.7 Å². The van der Waals surface area contributed by atoms with Gasteiger partial charge in [-0.1, -0.05) is 22.0 Å². The van der Waals surface area contributed by atoms with Crippen LogP contribution in [-0.4, -0.2) is 24.2 Å². The van der Waals surface area contributed by atoms with Crippen LogP contribution in [-0.2, 0) is 4.79 Å². The highest BCUT2D eigenvalue weighted by Crippen LogP contribution is 2.30. The lowest BCUT2D eigenvalue weighted by molar-refractivity contribution is -0.137. The summed E-state index contributed by atoms with van der Waals surface area (Å²) < 4.78 is 1.02. The highest BCUT2D eigenvalue weighted by molar-refractivity contribution is 9.10. The summed E-state index contributed by atoms with van der Waals surface area (Å²) in [5.74, 6) is -0.762. The van der Waals surface area contributed by atoms with E-state index in [0.29, 0.717) is 12.8 Å². The van der Waals surface area contributed by atoms with E-state index >= 15 is 0 Å². The van der Waals surface area contributed by atoms with Crippen molar-refractivity contribution in [2.45, 2.75) is 44.6 Å². The zero-order valence-electron chi connectivity index (χ0n) is 12.2. The van der Waals surface area contributed by atoms with Crippen LogP contribution >= 0.6 is 15.9 Å². The number of carboxylic acids is 1. The third kappa shape index (κ3) is 4.71. The second-order valence-corrected chi connectivity index (χ2v) is 6.50. The van der Waals surface area contributed by atoms with E-state index in [0.717, 1.165) is 23.1 Å². The van der Waals surface area contributed by atoms with E-state index in [1.54, 1.807) is 0 Å². The molecule has 0 aliphatic carbocycles. The van der Waals surface area contributed by atoms with Gasteiger partial charge in [-0.15, -0.1) is 0 Å². The zero-order valence-corrected chi connectivity index (χ0v) is 13.8. The molecule has 0 unspecified atom stereocenters. The topological polar surface area (TPSA) is 66.6 Å². The lowest BCUT2D eigenvalue weighted by atomic mass is 10.0. The molecule has 0 spiro atoms. The standard InChI is InChI=1S/C16H23BrN2O2/c17-14-11-12(19-9-2-1-3-10-19)7-8-13(14)15(18)5-4-6-16(20)21/h7-8,11,15H,1-6,9-10,18H2,(H,20,21)/t15-/m1/s1. The number of carboxylic acid groups (broad SMARTS) is 1. The van der Waals surface area contributed by atoms with Crippen LogP contribution in [0.4, 0.5) is 5.69 Å². The van der Waals surface area contributed by atoms with Crippen LogP contribution < -0.4 is 10.6 Å². The summed E-state index contributed by atoms with van der Waals surface area (Å²) in [6.45, 7) is 2.24. The lowest BCUT2D eigenvalue weighted by Gasteiger charge is -2.29. The maximum absolute atomic E-state index is 10.5. The van der Waals surface area contributed by atoms with Crippen LogP contribution in [0.1, 0.15) is 50.1 Å². The van der Waals surface area contributed by atoms with Crippen molar-refractivity contribution < 1.29 is 9.90 Å². The van der Waals surface area contributed by atoms with E-state index in [-0.39, 0.29) is 12.5 Å². The van der Waals surface area contributed by atoms with Gasteiger partial charge in [0.05, 0.1) is 0 Å². The van der Waals surface area contributed by atoms with Crippen LogP contribution in [0.15, 0.2) is 22.7 Å². The predicted molar refractivity (Wildman–Crippen MR) is 88.6 cm³/mol. The first kappa shape index (κ1) is 16.3. The number of aliphatic carboxylic acids is 1. The summed E-state index contributed by atoms with van der Waals surface area (Å²) in [6, 6.07) is 6.22. The Bertz CT molecular complexity index is 487. The van der Waals surface area contributed by atoms with E-state index in [1.807, 2.05) is 0 Å². The number of benzene rings is 1. The molecule has 1 aliphatic heterocycles. The van der Waals surface area contributed by atoms with E-state index < -0.39 is 5.97 Å². The molecular formula is C16H23BrN2O2. The summed E-state index contributed by atoms with van der Waals surface area (Å²) in [6.07, 6.45) is 5.31. The Balaban J connectivity index is 1.99. The van der Waals surface area contributed by atoms with Gasteiger partial charge in [0.2, 0.25) is 0 Å². The number of anilines is 1. The summed E-state index contributed by atoms with van der Waals surface area (Å²) in [7, 11) is 0. The number of piperidine rings is 1. The minimum absolute atomic E-state index is 0.117. The van der Waals surface area contributed by atoms with Gasteiger partial charge in [0.25, 0.3) is 0 Å². The summed E-state index contributed by atoms with van der Waals surface area (Å²) >= 11 is 3.61. The average Bonchev–Trinajstić information content (AvgIpc) is 2.47. The van der Waals surface area contributed by atoms with E-state index in [4.69, 9.17) is 10.8 Å². The SMILES string of the molecule is N[C@H](CCCC(=O)O)c1ccc(N2CCCCC2)cc1Br. The van der Waals surface area contributed by atoms with Crippen molar-refractivity contribution in [1.82, 2.24) is 0 Å². The van der Waals surface area contributed by atoms with Crippen molar-refractivity contribution in [3.05, 3.63) is 28.2 Å². The minimum Gasteiger partial charge on any atom is -0.481 e. The number of hydrogen-bond donors (Lipinski definition) is 2. The Hall–Kier alpha value is -1.07. The Morgan fingerprint density at radius 3 is 2.67 bits per heavy atom. The first-order valence-electron chi connectivity index (χ1n) is 7.59. The quantitative estimate of drug-likeness (QED) is 0.817. The Morgan fingerprint density at radius 2 is 2.05 bits per heavy atom. The molecule has 0 saturated carbocycles. The fraction of sp³-hybridized carbons (Fsp3) is 0.562. The second-order valence-electron chi connectivity index (χ2n) is 5.65. The molecule has 1 saturated heterocycles. The molecule has 3 N–H and O–H groups in total. The van der Waals surface area contributed by atoms with E-state index in [9.17, 15) is 4.79 Å². The van der Waals surface area contributed by atoms with Gasteiger partial charge in [-0.25, -0.2) is 0 Å². The predicted octanol–water partition coefficient (Wildman–Crippen LogP) is 3.69. The summed E-state index contributed by atoms with van der Waals surface area (Å²) in [5.41, 5.74) is 8.47. The lowest BCUT2D eigenvalue weighted by Crippen LogP contribution is -2.29. The number of carbonyl (C=O) groups is 1. The minimum atomic E-state index is -0.762. The molecule has 1 fully saturated rings. The van der Waals surface area contributed by atoms with Crippen LogP contribution in [0.2, 0.25) is 0 Å². The molecule has 0 radical (unpaired) electrons. The molecule has 5 heteroatoms. The van der Waals surface area contributed by atoms with Crippen molar-refractivity contribution in [2.24, 2.45) is 5.73 Å². The second kappa shape index (κ2) is 7.80. The van der Waals surface area contributed by atoms with E-state index in [2.05, 4.69) is 39.0 Å². The molecule has 1 heterocycles.